The minimum atomic E-state index is -0.902. The molecule has 0 aliphatic carbocycles. The molecular formula is C62H74N14O10. The first kappa shape index (κ1) is 58.9. The van der Waals surface area contributed by atoms with E-state index >= 15 is 0 Å². The Morgan fingerprint density at radius 2 is 1.02 bits per heavy atom. The van der Waals surface area contributed by atoms with E-state index in [1.54, 1.807) is 12.4 Å². The molecule has 0 saturated carbocycles. The summed E-state index contributed by atoms with van der Waals surface area (Å²) in [5.41, 5.74) is 5.75. The molecule has 2 aromatic carbocycles. The van der Waals surface area contributed by atoms with Gasteiger partial charge >= 0.3 is 24.2 Å². The lowest BCUT2D eigenvalue weighted by Crippen LogP contribution is -2.50. The Morgan fingerprint density at radius 1 is 0.570 bits per heavy atom. The van der Waals surface area contributed by atoms with Crippen molar-refractivity contribution >= 4 is 70.8 Å². The number of aromatic nitrogens is 4. The highest BCUT2D eigenvalue weighted by Crippen LogP contribution is 2.33. The second kappa shape index (κ2) is 27.0. The number of piperidine rings is 4. The summed E-state index contributed by atoms with van der Waals surface area (Å²) in [6, 6.07) is 26.6. The van der Waals surface area contributed by atoms with Gasteiger partial charge in [-0.2, -0.15) is 0 Å². The maximum atomic E-state index is 13.2. The summed E-state index contributed by atoms with van der Waals surface area (Å²) in [7, 11) is 0. The number of hydrogen-bond acceptors (Lipinski definition) is 13. The third-order valence-corrected chi connectivity index (χ3v) is 17.6. The molecule has 12 rings (SSSR count). The zero-order valence-electron chi connectivity index (χ0n) is 48.2. The Morgan fingerprint density at radius 3 is 1.48 bits per heavy atom. The number of ether oxygens (including phenoxy) is 1. The van der Waals surface area contributed by atoms with Crippen molar-refractivity contribution in [2.24, 2.45) is 0 Å². The number of amides is 10. The molecule has 24 heteroatoms. The van der Waals surface area contributed by atoms with Gasteiger partial charge in [0.05, 0.1) is 25.5 Å². The molecule has 0 unspecified atom stereocenters. The molecule has 10 heterocycles. The number of carbonyl (C=O) groups excluding carboxylic acids is 7. The van der Waals surface area contributed by atoms with Crippen LogP contribution in [0.1, 0.15) is 98.3 Å². The molecule has 4 aromatic heterocycles. The number of imide groups is 2. The maximum absolute atomic E-state index is 13.2. The Balaban J connectivity index is 0.000000179. The lowest BCUT2D eigenvalue weighted by molar-refractivity contribution is -0.134. The van der Waals surface area contributed by atoms with Crippen LogP contribution in [0.25, 0.3) is 11.3 Å². The average molecular weight is 1180 g/mol. The molecule has 4 N–H and O–H groups in total. The summed E-state index contributed by atoms with van der Waals surface area (Å²) in [4.78, 5) is 120. The second-order valence-electron chi connectivity index (χ2n) is 23.1. The number of nitrogens with zero attached hydrogens (tertiary/aromatic N) is 11. The molecule has 86 heavy (non-hydrogen) atoms. The van der Waals surface area contributed by atoms with Crippen LogP contribution in [0.4, 0.5) is 30.8 Å². The molecule has 6 fully saturated rings. The van der Waals surface area contributed by atoms with Crippen molar-refractivity contribution in [1.82, 2.24) is 59.2 Å². The number of rotatable bonds is 14. The highest BCUT2D eigenvalue weighted by atomic mass is 16.5. The number of alkyl carbamates (subject to hydrolysis) is 1. The molecular weight excluding hydrogens is 1100 g/mol. The lowest BCUT2D eigenvalue weighted by atomic mass is 9.90. The van der Waals surface area contributed by atoms with E-state index in [0.29, 0.717) is 108 Å². The number of pyridine rings is 2. The highest BCUT2D eigenvalue weighted by molar-refractivity contribution is 6.06. The summed E-state index contributed by atoms with van der Waals surface area (Å²) in [5, 5.41) is 17.5. The Bertz CT molecular complexity index is 3420. The van der Waals surface area contributed by atoms with Crippen LogP contribution in [0, 0.1) is 0 Å². The van der Waals surface area contributed by atoms with Crippen molar-refractivity contribution in [2.75, 3.05) is 88.3 Å². The van der Waals surface area contributed by atoms with E-state index in [-0.39, 0.29) is 55.2 Å². The summed E-state index contributed by atoms with van der Waals surface area (Å²) in [5.74, 6) is 1.65. The van der Waals surface area contributed by atoms with Crippen molar-refractivity contribution in [2.45, 2.75) is 101 Å². The minimum absolute atomic E-state index is 0.0510. The van der Waals surface area contributed by atoms with Crippen LogP contribution < -0.4 is 25.8 Å². The monoisotopic (exact) mass is 1170 g/mol. The number of fused-ring (bicyclic) bond motifs is 2. The average Bonchev–Trinajstić information content (AvgIpc) is 2.75. The van der Waals surface area contributed by atoms with E-state index in [4.69, 9.17) is 4.74 Å². The van der Waals surface area contributed by atoms with Gasteiger partial charge in [-0.15, -0.1) is 0 Å². The third-order valence-electron chi connectivity index (χ3n) is 17.6. The lowest BCUT2D eigenvalue weighted by Gasteiger charge is -2.38. The molecule has 0 spiro atoms. The fourth-order valence-electron chi connectivity index (χ4n) is 12.6. The van der Waals surface area contributed by atoms with Crippen LogP contribution in [0.2, 0.25) is 0 Å². The Kier molecular flexibility index (Phi) is 18.5. The Labute approximate surface area is 498 Å². The summed E-state index contributed by atoms with van der Waals surface area (Å²) < 4.78 is 9.06. The molecule has 6 aliphatic heterocycles. The van der Waals surface area contributed by atoms with Crippen molar-refractivity contribution in [1.29, 1.82) is 0 Å². The van der Waals surface area contributed by atoms with Gasteiger partial charge in [-0.3, -0.25) is 58.2 Å². The number of likely N-dealkylation sites (tertiary alicyclic amines) is 4. The SMILES string of the molecule is O=C1CCN(c2cnc3cc(C4CCN(C(=O)CN5CCC(N(Cc6ccccc6)C(=O)O)CC5)CC4)ccn23)C(=O)N1.O=C1CCN(c2cnc3cc(C4CCN(C(=O)CN5CCC(NC(=O)OCc6ccccc6)CC5)CC4)ccn23)C(=O)N1. The van der Waals surface area contributed by atoms with Crippen LogP contribution in [-0.2, 0) is 37.1 Å². The van der Waals surface area contributed by atoms with Crippen molar-refractivity contribution in [3.63, 3.8) is 0 Å². The minimum Gasteiger partial charge on any atom is -0.465 e. The number of carbonyl (C=O) groups is 8. The van der Waals surface area contributed by atoms with Gasteiger partial charge in [-0.25, -0.2) is 29.1 Å². The first-order valence-electron chi connectivity index (χ1n) is 30.0. The fourth-order valence-corrected chi connectivity index (χ4v) is 12.6. The van der Waals surface area contributed by atoms with Crippen molar-refractivity contribution in [3.8, 4) is 0 Å². The van der Waals surface area contributed by atoms with Gasteiger partial charge in [0, 0.05) is 109 Å². The highest BCUT2D eigenvalue weighted by Gasteiger charge is 2.34. The van der Waals surface area contributed by atoms with Crippen molar-refractivity contribution in [3.05, 3.63) is 132 Å². The molecule has 0 atom stereocenters. The van der Waals surface area contributed by atoms with Gasteiger partial charge in [0.2, 0.25) is 23.6 Å². The van der Waals surface area contributed by atoms with Crippen LogP contribution >= 0.6 is 0 Å². The normalized spacial score (nSPS) is 19.0. The number of hydrogen-bond donors (Lipinski definition) is 4. The standard InChI is InChI=1S/2C31H37N7O5/c39-27-11-17-38(30(41)34-27)28-19-32-26-18-24(8-16-37(26)28)23-6-14-36(15-7-23)29(40)20-35-12-9-25(10-13-35)33-31(42)43-21-22-4-2-1-3-5-22;39-27-11-17-37(30(41)33-27)28-19-32-26-18-24(8-16-36(26)28)23-6-14-35(15-7-23)29(40)21-34-12-9-25(10-13-34)38(31(42)43)20-22-4-2-1-3-5-22/h1-5,8,16,18-19,23,25H,6-7,9-15,17,20-21H2,(H,33,42)(H,34,39,41);1-5,8,16,18-19,23,25H,6-7,9-15,17,20-21H2,(H,42,43)(H,33,39,41). The molecule has 6 aromatic rings. The van der Waals surface area contributed by atoms with Crippen LogP contribution in [-0.4, -0.2) is 187 Å². The number of carboxylic acid groups (broad SMARTS) is 1. The smallest absolute Gasteiger partial charge is 0.407 e. The van der Waals surface area contributed by atoms with E-state index in [1.165, 1.54) is 20.3 Å². The molecule has 0 radical (unpaired) electrons. The number of anilines is 2. The maximum Gasteiger partial charge on any atom is 0.407 e. The first-order valence-corrected chi connectivity index (χ1v) is 30.0. The van der Waals surface area contributed by atoms with E-state index in [2.05, 4.69) is 47.9 Å². The largest absolute Gasteiger partial charge is 0.465 e. The van der Waals surface area contributed by atoms with Gasteiger partial charge in [-0.1, -0.05) is 60.7 Å². The second-order valence-corrected chi connectivity index (χ2v) is 23.1. The molecule has 452 valence electrons. The molecule has 6 saturated heterocycles. The quantitative estimate of drug-likeness (QED) is 0.0975. The Hall–Kier alpha value is -8.90. The number of urea groups is 2. The van der Waals surface area contributed by atoms with Crippen LogP contribution in [0.3, 0.4) is 0 Å². The fraction of sp³-hybridized carbons (Fsp3) is 0.452. The van der Waals surface area contributed by atoms with E-state index in [0.717, 1.165) is 79.6 Å². The first-order chi connectivity index (χ1) is 41.8. The third kappa shape index (κ3) is 14.3. The van der Waals surface area contributed by atoms with Gasteiger partial charge in [0.15, 0.2) is 0 Å². The van der Waals surface area contributed by atoms with Gasteiger partial charge in [0.25, 0.3) is 0 Å². The van der Waals surface area contributed by atoms with E-state index in [1.807, 2.05) is 104 Å². The molecule has 24 nitrogen and oxygen atoms in total. The topological polar surface area (TPSA) is 259 Å². The zero-order chi connectivity index (χ0) is 59.7. The number of imidazole rings is 2. The van der Waals surface area contributed by atoms with E-state index in [9.17, 15) is 43.5 Å². The summed E-state index contributed by atoms with van der Waals surface area (Å²) in [6.07, 6.45) is 12.9. The van der Waals surface area contributed by atoms with Gasteiger partial charge in [0.1, 0.15) is 29.5 Å². The molecule has 6 aliphatic rings. The number of nitrogens with one attached hydrogen (secondary N) is 3. The number of benzene rings is 2. The molecule has 0 bridgehead atoms. The van der Waals surface area contributed by atoms with Gasteiger partial charge < -0.3 is 29.9 Å². The van der Waals surface area contributed by atoms with Crippen molar-refractivity contribution < 1.29 is 48.2 Å². The predicted molar refractivity (Wildman–Crippen MR) is 317 cm³/mol. The molecule has 10 amide bonds. The summed E-state index contributed by atoms with van der Waals surface area (Å²) in [6.45, 7) is 7.75. The van der Waals surface area contributed by atoms with Crippen LogP contribution in [0.5, 0.6) is 0 Å². The van der Waals surface area contributed by atoms with Crippen LogP contribution in [0.15, 0.2) is 110 Å². The van der Waals surface area contributed by atoms with Gasteiger partial charge in [-0.05, 0) is 110 Å². The van der Waals surface area contributed by atoms with E-state index < -0.39 is 24.2 Å². The summed E-state index contributed by atoms with van der Waals surface area (Å²) >= 11 is 0. The predicted octanol–water partition coefficient (Wildman–Crippen LogP) is 6.01. The zero-order valence-corrected chi connectivity index (χ0v) is 48.2.